The highest BCUT2D eigenvalue weighted by molar-refractivity contribution is 5.37. The summed E-state index contributed by atoms with van der Waals surface area (Å²) in [6, 6.07) is 14.7. The minimum Gasteiger partial charge on any atom is -0.494 e. The van der Waals surface area contributed by atoms with Gasteiger partial charge in [0.15, 0.2) is 11.6 Å². The summed E-state index contributed by atoms with van der Waals surface area (Å²) < 4.78 is 18.7. The number of methoxy groups -OCH3 is 1. The Labute approximate surface area is 112 Å². The predicted molar refractivity (Wildman–Crippen MR) is 72.9 cm³/mol. The lowest BCUT2D eigenvalue weighted by atomic mass is 9.89. The monoisotopic (exact) mass is 260 g/mol. The van der Waals surface area contributed by atoms with Crippen LogP contribution in [-0.2, 0) is 0 Å². The molecule has 0 aliphatic carbocycles. The molecule has 100 valence electrons. The van der Waals surface area contributed by atoms with Crippen molar-refractivity contribution in [3.8, 4) is 5.75 Å². The molecule has 1 atom stereocenters. The van der Waals surface area contributed by atoms with Gasteiger partial charge in [-0.15, -0.1) is 0 Å². The van der Waals surface area contributed by atoms with E-state index in [1.807, 2.05) is 36.4 Å². The van der Waals surface area contributed by atoms with Crippen molar-refractivity contribution in [3.05, 3.63) is 65.5 Å². The zero-order valence-corrected chi connectivity index (χ0v) is 10.8. The lowest BCUT2D eigenvalue weighted by Gasteiger charge is -2.17. The smallest absolute Gasteiger partial charge is 0.165 e. The first kappa shape index (κ1) is 13.6. The Bertz CT molecular complexity index is 526. The number of hydrogen-bond acceptors (Lipinski definition) is 2. The number of aliphatic hydroxyl groups is 1. The molecule has 0 amide bonds. The normalized spacial score (nSPS) is 12.2. The largest absolute Gasteiger partial charge is 0.494 e. The molecular formula is C16H17FO2. The highest BCUT2D eigenvalue weighted by Crippen LogP contribution is 2.30. The Hall–Kier alpha value is -1.87. The summed E-state index contributed by atoms with van der Waals surface area (Å²) in [5, 5.41) is 9.21. The molecule has 0 aromatic heterocycles. The average Bonchev–Trinajstić information content (AvgIpc) is 2.45. The van der Waals surface area contributed by atoms with Crippen LogP contribution in [0, 0.1) is 5.82 Å². The van der Waals surface area contributed by atoms with Crippen molar-refractivity contribution in [2.45, 2.75) is 12.3 Å². The highest BCUT2D eigenvalue weighted by atomic mass is 19.1. The molecular weight excluding hydrogens is 243 g/mol. The van der Waals surface area contributed by atoms with Gasteiger partial charge in [0, 0.05) is 12.5 Å². The molecule has 19 heavy (non-hydrogen) atoms. The summed E-state index contributed by atoms with van der Waals surface area (Å²) in [5.41, 5.74) is 1.92. The van der Waals surface area contributed by atoms with Gasteiger partial charge in [0.2, 0.25) is 0 Å². The van der Waals surface area contributed by atoms with Crippen molar-refractivity contribution in [3.63, 3.8) is 0 Å². The Balaban J connectivity index is 2.37. The Kier molecular flexibility index (Phi) is 4.53. The summed E-state index contributed by atoms with van der Waals surface area (Å²) in [6.45, 7) is 0.0627. The van der Waals surface area contributed by atoms with Gasteiger partial charge in [-0.05, 0) is 29.7 Å². The second kappa shape index (κ2) is 6.34. The van der Waals surface area contributed by atoms with Gasteiger partial charge in [-0.2, -0.15) is 0 Å². The van der Waals surface area contributed by atoms with E-state index in [1.165, 1.54) is 13.2 Å². The molecule has 2 rings (SSSR count). The van der Waals surface area contributed by atoms with Gasteiger partial charge in [-0.3, -0.25) is 0 Å². The Morgan fingerprint density at radius 2 is 1.84 bits per heavy atom. The van der Waals surface area contributed by atoms with Crippen LogP contribution in [-0.4, -0.2) is 18.8 Å². The van der Waals surface area contributed by atoms with Gasteiger partial charge in [0.05, 0.1) is 7.11 Å². The van der Waals surface area contributed by atoms with Crippen LogP contribution in [0.15, 0.2) is 48.5 Å². The van der Waals surface area contributed by atoms with Crippen molar-refractivity contribution in [1.82, 2.24) is 0 Å². The molecule has 0 heterocycles. The summed E-state index contributed by atoms with van der Waals surface area (Å²) in [5.74, 6) is -0.148. The maximum atomic E-state index is 13.8. The van der Waals surface area contributed by atoms with Crippen LogP contribution in [0.3, 0.4) is 0 Å². The number of ether oxygens (including phenoxy) is 1. The summed E-state index contributed by atoms with van der Waals surface area (Å²) in [7, 11) is 1.44. The number of benzene rings is 2. The Morgan fingerprint density at radius 3 is 2.42 bits per heavy atom. The lowest BCUT2D eigenvalue weighted by molar-refractivity contribution is 0.281. The van der Waals surface area contributed by atoms with Crippen LogP contribution in [0.4, 0.5) is 4.39 Å². The summed E-state index contributed by atoms with van der Waals surface area (Å²) in [6.07, 6.45) is 0.565. The first-order valence-corrected chi connectivity index (χ1v) is 6.25. The zero-order valence-electron chi connectivity index (χ0n) is 10.8. The van der Waals surface area contributed by atoms with E-state index >= 15 is 0 Å². The maximum absolute atomic E-state index is 13.8. The number of rotatable bonds is 5. The van der Waals surface area contributed by atoms with Crippen LogP contribution in [0.1, 0.15) is 23.5 Å². The number of halogens is 1. The minimum atomic E-state index is -0.376. The van der Waals surface area contributed by atoms with E-state index in [-0.39, 0.29) is 24.1 Å². The second-order valence-corrected chi connectivity index (χ2v) is 4.37. The van der Waals surface area contributed by atoms with E-state index in [2.05, 4.69) is 0 Å². The van der Waals surface area contributed by atoms with Crippen LogP contribution < -0.4 is 4.74 Å². The highest BCUT2D eigenvalue weighted by Gasteiger charge is 2.15. The topological polar surface area (TPSA) is 29.5 Å². The first-order valence-electron chi connectivity index (χ1n) is 6.25. The minimum absolute atomic E-state index is 0.00777. The summed E-state index contributed by atoms with van der Waals surface area (Å²) in [4.78, 5) is 0. The molecule has 0 saturated carbocycles. The molecule has 0 saturated heterocycles. The fourth-order valence-electron chi connectivity index (χ4n) is 2.24. The molecule has 0 fully saturated rings. The standard InChI is InChI=1S/C16H17FO2/c1-19-16-8-7-13(11-15(16)17)14(9-10-18)12-5-3-2-4-6-12/h2-8,11,14,18H,9-10H2,1H3. The van der Waals surface area contributed by atoms with Crippen LogP contribution in [0.2, 0.25) is 0 Å². The van der Waals surface area contributed by atoms with E-state index in [0.717, 1.165) is 11.1 Å². The van der Waals surface area contributed by atoms with Gasteiger partial charge in [0.1, 0.15) is 0 Å². The molecule has 2 aromatic rings. The first-order chi connectivity index (χ1) is 9.26. The molecule has 0 aliphatic rings. The van der Waals surface area contributed by atoms with E-state index in [9.17, 15) is 9.50 Å². The van der Waals surface area contributed by atoms with E-state index in [4.69, 9.17) is 4.74 Å². The Morgan fingerprint density at radius 1 is 1.11 bits per heavy atom. The van der Waals surface area contributed by atoms with Gasteiger partial charge in [-0.1, -0.05) is 36.4 Å². The molecule has 2 nitrogen and oxygen atoms in total. The predicted octanol–water partition coefficient (Wildman–Crippen LogP) is 3.35. The molecule has 0 radical (unpaired) electrons. The molecule has 0 bridgehead atoms. The third-order valence-corrected chi connectivity index (χ3v) is 3.20. The molecule has 0 aliphatic heterocycles. The van der Waals surface area contributed by atoms with Crippen molar-refractivity contribution in [2.75, 3.05) is 13.7 Å². The molecule has 1 unspecified atom stereocenters. The van der Waals surface area contributed by atoms with Gasteiger partial charge in [-0.25, -0.2) is 4.39 Å². The zero-order chi connectivity index (χ0) is 13.7. The number of hydrogen-bond donors (Lipinski definition) is 1. The lowest BCUT2D eigenvalue weighted by Crippen LogP contribution is -2.04. The number of aliphatic hydroxyl groups excluding tert-OH is 1. The second-order valence-electron chi connectivity index (χ2n) is 4.37. The SMILES string of the molecule is COc1ccc(C(CCO)c2ccccc2)cc1F. The van der Waals surface area contributed by atoms with Crippen LogP contribution in [0.25, 0.3) is 0 Å². The average molecular weight is 260 g/mol. The van der Waals surface area contributed by atoms with Crippen molar-refractivity contribution in [2.24, 2.45) is 0 Å². The third kappa shape index (κ3) is 3.12. The van der Waals surface area contributed by atoms with Crippen molar-refractivity contribution >= 4 is 0 Å². The molecule has 2 aromatic carbocycles. The quantitative estimate of drug-likeness (QED) is 0.893. The van der Waals surface area contributed by atoms with E-state index in [1.54, 1.807) is 6.07 Å². The van der Waals surface area contributed by atoms with Gasteiger partial charge < -0.3 is 9.84 Å². The van der Waals surface area contributed by atoms with Crippen molar-refractivity contribution in [1.29, 1.82) is 0 Å². The van der Waals surface area contributed by atoms with Crippen LogP contribution >= 0.6 is 0 Å². The summed E-state index contributed by atoms with van der Waals surface area (Å²) >= 11 is 0. The fourth-order valence-corrected chi connectivity index (χ4v) is 2.24. The maximum Gasteiger partial charge on any atom is 0.165 e. The van der Waals surface area contributed by atoms with Gasteiger partial charge in [0.25, 0.3) is 0 Å². The third-order valence-electron chi connectivity index (χ3n) is 3.20. The molecule has 0 spiro atoms. The van der Waals surface area contributed by atoms with E-state index in [0.29, 0.717) is 6.42 Å². The van der Waals surface area contributed by atoms with E-state index < -0.39 is 0 Å². The van der Waals surface area contributed by atoms with Crippen molar-refractivity contribution < 1.29 is 14.2 Å². The van der Waals surface area contributed by atoms with Gasteiger partial charge >= 0.3 is 0 Å². The molecule has 1 N–H and O–H groups in total. The fraction of sp³-hybridized carbons (Fsp3) is 0.250. The molecule has 3 heteroatoms. The van der Waals surface area contributed by atoms with Crippen LogP contribution in [0.5, 0.6) is 5.75 Å².